The third-order valence-corrected chi connectivity index (χ3v) is 4.38. The maximum atomic E-state index is 6.34. The van der Waals surface area contributed by atoms with Crippen molar-refractivity contribution in [2.75, 3.05) is 33.1 Å². The number of methoxy groups -OCH3 is 1. The summed E-state index contributed by atoms with van der Waals surface area (Å²) in [5.74, 6) is 0.814. The van der Waals surface area contributed by atoms with Crippen molar-refractivity contribution < 1.29 is 9.64 Å². The first-order valence-corrected chi connectivity index (χ1v) is 8.53. The van der Waals surface area contributed by atoms with E-state index in [9.17, 15) is 0 Å². The second-order valence-corrected chi connectivity index (χ2v) is 6.53. The average molecular weight is 365 g/mol. The molecule has 0 aliphatic heterocycles. The Morgan fingerprint density at radius 3 is 2.42 bits per heavy atom. The van der Waals surface area contributed by atoms with E-state index in [2.05, 4.69) is 30.8 Å². The highest BCUT2D eigenvalue weighted by Crippen LogP contribution is 2.20. The van der Waals surface area contributed by atoms with Crippen LogP contribution in [0.2, 0.25) is 5.02 Å². The molecule has 2 aromatic rings. The molecule has 0 aromatic heterocycles. The Labute approximate surface area is 153 Å². The van der Waals surface area contributed by atoms with Gasteiger partial charge >= 0.3 is 0 Å². The van der Waals surface area contributed by atoms with Gasteiger partial charge in [-0.15, -0.1) is 0 Å². The lowest BCUT2D eigenvalue weighted by atomic mass is 10.1. The maximum Gasteiger partial charge on any atom is 0.171 e. The fourth-order valence-corrected chi connectivity index (χ4v) is 2.90. The van der Waals surface area contributed by atoms with Crippen molar-refractivity contribution in [1.82, 2.24) is 5.32 Å². The van der Waals surface area contributed by atoms with Gasteiger partial charge in [0.05, 0.1) is 27.7 Å². The van der Waals surface area contributed by atoms with Crippen molar-refractivity contribution in [2.24, 2.45) is 0 Å². The molecular formula is C18H23ClN3OS+. The van der Waals surface area contributed by atoms with E-state index in [1.807, 2.05) is 42.5 Å². The first-order valence-electron chi connectivity index (χ1n) is 7.74. The summed E-state index contributed by atoms with van der Waals surface area (Å²) in [5.41, 5.74) is 2.03. The minimum Gasteiger partial charge on any atom is -0.497 e. The van der Waals surface area contributed by atoms with Gasteiger partial charge in [0.15, 0.2) is 5.11 Å². The van der Waals surface area contributed by atoms with Crippen LogP contribution in [0.4, 0.5) is 5.69 Å². The molecule has 0 amide bonds. The van der Waals surface area contributed by atoms with Crippen LogP contribution in [0.3, 0.4) is 0 Å². The van der Waals surface area contributed by atoms with Crippen LogP contribution in [-0.2, 0) is 0 Å². The van der Waals surface area contributed by atoms with Gasteiger partial charge in [-0.05, 0) is 42.5 Å². The quantitative estimate of drug-likeness (QED) is 0.689. The molecule has 0 aliphatic carbocycles. The van der Waals surface area contributed by atoms with E-state index in [4.69, 9.17) is 28.6 Å². The number of halogens is 1. The molecule has 6 heteroatoms. The zero-order chi connectivity index (χ0) is 17.5. The van der Waals surface area contributed by atoms with Crippen LogP contribution in [-0.4, -0.2) is 32.9 Å². The molecule has 0 heterocycles. The van der Waals surface area contributed by atoms with E-state index in [1.165, 1.54) is 4.90 Å². The topological polar surface area (TPSA) is 37.7 Å². The number of nitrogens with one attached hydrogen (secondary N) is 3. The number of likely N-dealkylation sites (N-methyl/N-ethyl adjacent to an activating group) is 1. The molecule has 0 saturated carbocycles. The minimum absolute atomic E-state index is 0.203. The molecular weight excluding hydrogens is 342 g/mol. The number of benzene rings is 2. The largest absolute Gasteiger partial charge is 0.497 e. The second kappa shape index (κ2) is 8.87. The van der Waals surface area contributed by atoms with Crippen LogP contribution in [0.1, 0.15) is 11.6 Å². The third-order valence-electron chi connectivity index (χ3n) is 3.79. The Bertz CT molecular complexity index is 676. The predicted molar refractivity (Wildman–Crippen MR) is 104 cm³/mol. The number of ether oxygens (including phenoxy) is 1. The van der Waals surface area contributed by atoms with Gasteiger partial charge < -0.3 is 20.3 Å². The molecule has 0 unspecified atom stereocenters. The van der Waals surface area contributed by atoms with Crippen molar-refractivity contribution in [2.45, 2.75) is 6.04 Å². The fraction of sp³-hybridized carbons (Fsp3) is 0.278. The zero-order valence-electron chi connectivity index (χ0n) is 14.1. The standard InChI is InChI=1S/C18H22ClN3OS/c1-22(2)17(15-6-4-5-7-16(15)19)12-20-18(24)21-13-8-10-14(23-3)11-9-13/h4-11,17H,12H2,1-3H3,(H2,20,21,24)/p+1/t17-/m0/s1. The predicted octanol–water partition coefficient (Wildman–Crippen LogP) is 2.52. The van der Waals surface area contributed by atoms with E-state index in [1.54, 1.807) is 7.11 Å². The molecule has 4 nitrogen and oxygen atoms in total. The highest BCUT2D eigenvalue weighted by Gasteiger charge is 2.20. The summed E-state index contributed by atoms with van der Waals surface area (Å²) in [6, 6.07) is 15.8. The Kier molecular flexibility index (Phi) is 6.85. The summed E-state index contributed by atoms with van der Waals surface area (Å²) >= 11 is 11.7. The van der Waals surface area contributed by atoms with Crippen LogP contribution in [0.5, 0.6) is 5.75 Å². The Morgan fingerprint density at radius 2 is 1.83 bits per heavy atom. The molecule has 128 valence electrons. The first-order chi connectivity index (χ1) is 11.5. The molecule has 1 atom stereocenters. The average Bonchev–Trinajstić information content (AvgIpc) is 2.57. The Hall–Kier alpha value is -1.82. The molecule has 3 N–H and O–H groups in total. The first kappa shape index (κ1) is 18.5. The Morgan fingerprint density at radius 1 is 1.17 bits per heavy atom. The van der Waals surface area contributed by atoms with Gasteiger partial charge in [-0.2, -0.15) is 0 Å². The summed E-state index contributed by atoms with van der Waals surface area (Å²) in [4.78, 5) is 1.28. The fourth-order valence-electron chi connectivity index (χ4n) is 2.43. The summed E-state index contributed by atoms with van der Waals surface area (Å²) < 4.78 is 5.15. The van der Waals surface area contributed by atoms with Crippen LogP contribution < -0.4 is 20.3 Å². The SMILES string of the molecule is COc1ccc(NC(=S)NC[C@@H](c2ccccc2Cl)[NH+](C)C)cc1. The van der Waals surface area contributed by atoms with Crippen molar-refractivity contribution in [3.05, 3.63) is 59.1 Å². The monoisotopic (exact) mass is 364 g/mol. The highest BCUT2D eigenvalue weighted by atomic mass is 35.5. The normalized spacial score (nSPS) is 11.9. The summed E-state index contributed by atoms with van der Waals surface area (Å²) in [5, 5.41) is 7.81. The molecule has 0 spiro atoms. The highest BCUT2D eigenvalue weighted by molar-refractivity contribution is 7.80. The van der Waals surface area contributed by atoms with E-state index < -0.39 is 0 Å². The maximum absolute atomic E-state index is 6.34. The molecule has 24 heavy (non-hydrogen) atoms. The van der Waals surface area contributed by atoms with Gasteiger partial charge in [0.1, 0.15) is 11.8 Å². The molecule has 0 radical (unpaired) electrons. The van der Waals surface area contributed by atoms with Gasteiger partial charge in [0.2, 0.25) is 0 Å². The van der Waals surface area contributed by atoms with Crippen LogP contribution in [0.25, 0.3) is 0 Å². The van der Waals surface area contributed by atoms with Crippen molar-refractivity contribution >= 4 is 34.6 Å². The third kappa shape index (κ3) is 5.09. The summed E-state index contributed by atoms with van der Waals surface area (Å²) in [6.07, 6.45) is 0. The van der Waals surface area contributed by atoms with Crippen molar-refractivity contribution in [1.29, 1.82) is 0 Å². The molecule has 2 aromatic carbocycles. The number of quaternary nitrogens is 1. The lowest BCUT2D eigenvalue weighted by Crippen LogP contribution is -3.07. The van der Waals surface area contributed by atoms with Crippen LogP contribution in [0.15, 0.2) is 48.5 Å². The van der Waals surface area contributed by atoms with Gasteiger partial charge in [0.25, 0.3) is 0 Å². The van der Waals surface area contributed by atoms with E-state index >= 15 is 0 Å². The number of rotatable bonds is 6. The zero-order valence-corrected chi connectivity index (χ0v) is 15.7. The Balaban J connectivity index is 1.96. The van der Waals surface area contributed by atoms with Gasteiger partial charge in [-0.25, -0.2) is 0 Å². The summed E-state index contributed by atoms with van der Waals surface area (Å²) in [6.45, 7) is 0.689. The molecule has 0 aliphatic rings. The molecule has 2 rings (SSSR count). The lowest BCUT2D eigenvalue weighted by Gasteiger charge is -2.24. The number of thiocarbonyl (C=S) groups is 1. The smallest absolute Gasteiger partial charge is 0.171 e. The summed E-state index contributed by atoms with van der Waals surface area (Å²) in [7, 11) is 5.86. The number of anilines is 1. The van der Waals surface area contributed by atoms with E-state index in [0.29, 0.717) is 11.7 Å². The number of hydrogen-bond donors (Lipinski definition) is 3. The van der Waals surface area contributed by atoms with Crippen molar-refractivity contribution in [3.8, 4) is 5.75 Å². The second-order valence-electron chi connectivity index (χ2n) is 5.71. The van der Waals surface area contributed by atoms with Crippen LogP contribution in [0, 0.1) is 0 Å². The van der Waals surface area contributed by atoms with Gasteiger partial charge in [-0.3, -0.25) is 0 Å². The molecule has 0 fully saturated rings. The van der Waals surface area contributed by atoms with E-state index in [0.717, 1.165) is 22.0 Å². The minimum atomic E-state index is 0.203. The van der Waals surface area contributed by atoms with Crippen molar-refractivity contribution in [3.63, 3.8) is 0 Å². The van der Waals surface area contributed by atoms with E-state index in [-0.39, 0.29) is 6.04 Å². The van der Waals surface area contributed by atoms with Gasteiger partial charge in [-0.1, -0.05) is 29.8 Å². The number of hydrogen-bond acceptors (Lipinski definition) is 2. The lowest BCUT2D eigenvalue weighted by molar-refractivity contribution is -0.890. The van der Waals surface area contributed by atoms with Crippen LogP contribution >= 0.6 is 23.8 Å². The molecule has 0 saturated heterocycles. The van der Waals surface area contributed by atoms with Gasteiger partial charge in [0, 0.05) is 16.3 Å². The molecule has 0 bridgehead atoms.